The Bertz CT molecular complexity index is 931. The van der Waals surface area contributed by atoms with Gasteiger partial charge in [-0.1, -0.05) is 41.6 Å². The Labute approximate surface area is 164 Å². The highest BCUT2D eigenvalue weighted by molar-refractivity contribution is 8.00. The van der Waals surface area contributed by atoms with E-state index in [9.17, 15) is 9.59 Å². The van der Waals surface area contributed by atoms with E-state index in [1.54, 1.807) is 61.5 Å². The highest BCUT2D eigenvalue weighted by Gasteiger charge is 2.19. The number of nitrogens with one attached hydrogen (secondary N) is 2. The molecule has 2 aromatic carbocycles. The van der Waals surface area contributed by atoms with Crippen molar-refractivity contribution in [2.24, 2.45) is 0 Å². The molecule has 0 spiro atoms. The first-order valence-corrected chi connectivity index (χ1v) is 9.20. The fourth-order valence-corrected chi connectivity index (χ4v) is 2.86. The van der Waals surface area contributed by atoms with Crippen molar-refractivity contribution >= 4 is 35.2 Å². The zero-order valence-electron chi connectivity index (χ0n) is 14.2. The SMILES string of the molecule is C[C@H](Sc1nnc(-c2ccc(Cl)cc2)o1)C(=O)NNC(=O)c1ccccc1. The highest BCUT2D eigenvalue weighted by Crippen LogP contribution is 2.26. The van der Waals surface area contributed by atoms with Gasteiger partial charge < -0.3 is 4.42 Å². The normalized spacial score (nSPS) is 11.6. The molecule has 0 radical (unpaired) electrons. The van der Waals surface area contributed by atoms with Gasteiger partial charge in [-0.05, 0) is 43.3 Å². The number of carbonyl (C=O) groups excluding carboxylic acids is 2. The second-order valence-electron chi connectivity index (χ2n) is 5.45. The average Bonchev–Trinajstić information content (AvgIpc) is 3.15. The minimum Gasteiger partial charge on any atom is -0.411 e. The smallest absolute Gasteiger partial charge is 0.277 e. The molecule has 1 heterocycles. The van der Waals surface area contributed by atoms with E-state index in [0.717, 1.165) is 17.3 Å². The summed E-state index contributed by atoms with van der Waals surface area (Å²) in [7, 11) is 0. The van der Waals surface area contributed by atoms with Crippen molar-refractivity contribution in [3.8, 4) is 11.5 Å². The van der Waals surface area contributed by atoms with Crippen molar-refractivity contribution in [1.82, 2.24) is 21.0 Å². The van der Waals surface area contributed by atoms with Crippen LogP contribution in [0.2, 0.25) is 5.02 Å². The van der Waals surface area contributed by atoms with Crippen LogP contribution in [0.15, 0.2) is 64.2 Å². The Kier molecular flexibility index (Phi) is 6.10. The summed E-state index contributed by atoms with van der Waals surface area (Å²) in [5.74, 6) is -0.460. The molecule has 2 amide bonds. The number of thioether (sulfide) groups is 1. The van der Waals surface area contributed by atoms with E-state index in [1.165, 1.54) is 0 Å². The lowest BCUT2D eigenvalue weighted by atomic mass is 10.2. The zero-order chi connectivity index (χ0) is 19.2. The quantitative estimate of drug-likeness (QED) is 0.502. The van der Waals surface area contributed by atoms with Crippen LogP contribution < -0.4 is 10.9 Å². The maximum Gasteiger partial charge on any atom is 0.277 e. The number of rotatable bonds is 5. The third-order valence-corrected chi connectivity index (χ3v) is 4.67. The summed E-state index contributed by atoms with van der Waals surface area (Å²) in [4.78, 5) is 24.1. The molecule has 3 aromatic rings. The number of aromatic nitrogens is 2. The fraction of sp³-hybridized carbons (Fsp3) is 0.111. The molecule has 138 valence electrons. The first-order valence-electron chi connectivity index (χ1n) is 7.94. The van der Waals surface area contributed by atoms with Crippen molar-refractivity contribution < 1.29 is 14.0 Å². The molecule has 2 N–H and O–H groups in total. The van der Waals surface area contributed by atoms with E-state index in [4.69, 9.17) is 16.0 Å². The van der Waals surface area contributed by atoms with Crippen LogP contribution in [0.5, 0.6) is 0 Å². The summed E-state index contributed by atoms with van der Waals surface area (Å²) in [5, 5.41) is 8.18. The van der Waals surface area contributed by atoms with Gasteiger partial charge in [0.05, 0.1) is 5.25 Å². The van der Waals surface area contributed by atoms with E-state index < -0.39 is 17.1 Å². The van der Waals surface area contributed by atoms with Crippen molar-refractivity contribution in [2.45, 2.75) is 17.4 Å². The van der Waals surface area contributed by atoms with Crippen LogP contribution in [0.3, 0.4) is 0 Å². The van der Waals surface area contributed by atoms with E-state index in [1.807, 2.05) is 0 Å². The molecule has 0 bridgehead atoms. The van der Waals surface area contributed by atoms with Crippen LogP contribution in [0.4, 0.5) is 0 Å². The number of hydrogen-bond acceptors (Lipinski definition) is 6. The average molecular weight is 403 g/mol. The molecule has 9 heteroatoms. The standard InChI is InChI=1S/C18H15ClN4O3S/c1-11(15(24)20-21-16(25)12-5-3-2-4-6-12)27-18-23-22-17(26-18)13-7-9-14(19)10-8-13/h2-11H,1H3,(H,20,24)(H,21,25)/t11-/m0/s1. The lowest BCUT2D eigenvalue weighted by Crippen LogP contribution is -2.44. The largest absolute Gasteiger partial charge is 0.411 e. The van der Waals surface area contributed by atoms with Crippen LogP contribution in [-0.2, 0) is 4.79 Å². The Balaban J connectivity index is 1.54. The molecule has 7 nitrogen and oxygen atoms in total. The van der Waals surface area contributed by atoms with E-state index in [0.29, 0.717) is 16.5 Å². The number of benzene rings is 2. The lowest BCUT2D eigenvalue weighted by molar-refractivity contribution is -0.121. The molecule has 0 unspecified atom stereocenters. The molecule has 0 saturated carbocycles. The number of nitrogens with zero attached hydrogens (tertiary/aromatic N) is 2. The summed E-state index contributed by atoms with van der Waals surface area (Å²) in [6.45, 7) is 1.67. The number of hydrazine groups is 1. The summed E-state index contributed by atoms with van der Waals surface area (Å²) in [5.41, 5.74) is 5.93. The van der Waals surface area contributed by atoms with Crippen LogP contribution in [0, 0.1) is 0 Å². The molecule has 1 atom stereocenters. The molecule has 1 aromatic heterocycles. The maximum atomic E-state index is 12.1. The Morgan fingerprint density at radius 1 is 1.04 bits per heavy atom. The third kappa shape index (κ3) is 5.08. The van der Waals surface area contributed by atoms with Crippen LogP contribution in [-0.4, -0.2) is 27.3 Å². The summed E-state index contributed by atoms with van der Waals surface area (Å²) >= 11 is 6.94. The van der Waals surface area contributed by atoms with Crippen molar-refractivity contribution in [2.75, 3.05) is 0 Å². The molecule has 0 aliphatic heterocycles. The first-order chi connectivity index (χ1) is 13.0. The van der Waals surface area contributed by atoms with Gasteiger partial charge in [0.25, 0.3) is 17.0 Å². The van der Waals surface area contributed by atoms with Gasteiger partial charge in [0.1, 0.15) is 0 Å². The molecular formula is C18H15ClN4O3S. The van der Waals surface area contributed by atoms with E-state index in [-0.39, 0.29) is 5.22 Å². The predicted octanol–water partition coefficient (Wildman–Crippen LogP) is 3.33. The lowest BCUT2D eigenvalue weighted by Gasteiger charge is -2.10. The van der Waals surface area contributed by atoms with Gasteiger partial charge >= 0.3 is 0 Å². The Morgan fingerprint density at radius 3 is 2.44 bits per heavy atom. The molecule has 0 aliphatic carbocycles. The fourth-order valence-electron chi connectivity index (χ4n) is 2.05. The third-order valence-electron chi connectivity index (χ3n) is 3.48. The summed E-state index contributed by atoms with van der Waals surface area (Å²) in [6, 6.07) is 15.5. The van der Waals surface area contributed by atoms with Gasteiger partial charge in [-0.3, -0.25) is 20.4 Å². The number of amides is 2. The van der Waals surface area contributed by atoms with Gasteiger partial charge in [0.2, 0.25) is 5.89 Å². The van der Waals surface area contributed by atoms with Crippen LogP contribution in [0.1, 0.15) is 17.3 Å². The summed E-state index contributed by atoms with van der Waals surface area (Å²) in [6.07, 6.45) is 0. The van der Waals surface area contributed by atoms with Crippen LogP contribution >= 0.6 is 23.4 Å². The van der Waals surface area contributed by atoms with E-state index >= 15 is 0 Å². The number of carbonyl (C=O) groups is 2. The van der Waals surface area contributed by atoms with Gasteiger partial charge in [0, 0.05) is 16.1 Å². The molecular weight excluding hydrogens is 388 g/mol. The van der Waals surface area contributed by atoms with Crippen molar-refractivity contribution in [3.05, 3.63) is 65.2 Å². The van der Waals surface area contributed by atoms with Gasteiger partial charge in [0.15, 0.2) is 0 Å². The van der Waals surface area contributed by atoms with Gasteiger partial charge in [-0.2, -0.15) is 0 Å². The van der Waals surface area contributed by atoms with Crippen LogP contribution in [0.25, 0.3) is 11.5 Å². The second-order valence-corrected chi connectivity index (χ2v) is 7.18. The second kappa shape index (κ2) is 8.70. The minimum absolute atomic E-state index is 0.247. The molecule has 0 fully saturated rings. The first kappa shape index (κ1) is 18.9. The zero-order valence-corrected chi connectivity index (χ0v) is 15.8. The molecule has 0 aliphatic rings. The highest BCUT2D eigenvalue weighted by atomic mass is 35.5. The molecule has 27 heavy (non-hydrogen) atoms. The monoisotopic (exact) mass is 402 g/mol. The maximum absolute atomic E-state index is 12.1. The molecule has 0 saturated heterocycles. The van der Waals surface area contributed by atoms with Gasteiger partial charge in [-0.15, -0.1) is 10.2 Å². The number of halogens is 1. The van der Waals surface area contributed by atoms with Gasteiger partial charge in [-0.25, -0.2) is 0 Å². The van der Waals surface area contributed by atoms with E-state index in [2.05, 4.69) is 21.0 Å². The molecule has 3 rings (SSSR count). The predicted molar refractivity (Wildman–Crippen MR) is 102 cm³/mol. The minimum atomic E-state index is -0.556. The Morgan fingerprint density at radius 2 is 1.74 bits per heavy atom. The Hall–Kier alpha value is -2.84. The van der Waals surface area contributed by atoms with Crippen molar-refractivity contribution in [3.63, 3.8) is 0 Å². The number of hydrogen-bond donors (Lipinski definition) is 2. The summed E-state index contributed by atoms with van der Waals surface area (Å²) < 4.78 is 5.56. The topological polar surface area (TPSA) is 97.1 Å². The van der Waals surface area contributed by atoms with Crippen molar-refractivity contribution in [1.29, 1.82) is 0 Å².